The zero-order chi connectivity index (χ0) is 8.10. The molecule has 1 aliphatic heterocycles. The SMILES string of the molecule is CC1COCCN(CC#N)C1. The monoisotopic (exact) mass is 154 g/mol. The van der Waals surface area contributed by atoms with Crippen LogP contribution in [-0.4, -0.2) is 37.7 Å². The fourth-order valence-corrected chi connectivity index (χ4v) is 1.31. The van der Waals surface area contributed by atoms with Crippen molar-refractivity contribution in [1.29, 1.82) is 5.26 Å². The topological polar surface area (TPSA) is 36.3 Å². The Bertz CT molecular complexity index is 153. The molecule has 0 spiro atoms. The predicted octanol–water partition coefficient (Wildman–Crippen LogP) is 0.478. The van der Waals surface area contributed by atoms with Crippen LogP contribution in [0.3, 0.4) is 0 Å². The van der Waals surface area contributed by atoms with Crippen molar-refractivity contribution in [3.8, 4) is 6.07 Å². The number of hydrogen-bond donors (Lipinski definition) is 0. The minimum atomic E-state index is 0.535. The summed E-state index contributed by atoms with van der Waals surface area (Å²) in [6.45, 7) is 6.18. The van der Waals surface area contributed by atoms with Crippen molar-refractivity contribution < 1.29 is 4.74 Å². The van der Waals surface area contributed by atoms with Gasteiger partial charge in [0.05, 0.1) is 25.8 Å². The molecule has 0 radical (unpaired) electrons. The minimum absolute atomic E-state index is 0.535. The van der Waals surface area contributed by atoms with Crippen molar-refractivity contribution >= 4 is 0 Å². The molecule has 0 amide bonds. The Labute approximate surface area is 67.6 Å². The highest BCUT2D eigenvalue weighted by Crippen LogP contribution is 2.04. The Morgan fingerprint density at radius 2 is 2.55 bits per heavy atom. The standard InChI is InChI=1S/C8H14N2O/c1-8-6-10(3-2-9)4-5-11-7-8/h8H,3-7H2,1H3. The summed E-state index contributed by atoms with van der Waals surface area (Å²) in [7, 11) is 0. The lowest BCUT2D eigenvalue weighted by molar-refractivity contribution is 0.126. The van der Waals surface area contributed by atoms with E-state index in [4.69, 9.17) is 10.00 Å². The van der Waals surface area contributed by atoms with Crippen molar-refractivity contribution in [3.05, 3.63) is 0 Å². The van der Waals surface area contributed by atoms with E-state index in [1.54, 1.807) is 0 Å². The van der Waals surface area contributed by atoms with Gasteiger partial charge < -0.3 is 4.74 Å². The lowest BCUT2D eigenvalue weighted by Crippen LogP contribution is -2.29. The fraction of sp³-hybridized carbons (Fsp3) is 0.875. The average Bonchev–Trinajstić information content (AvgIpc) is 2.15. The maximum atomic E-state index is 8.46. The molecule has 1 fully saturated rings. The van der Waals surface area contributed by atoms with Crippen LogP contribution in [0.5, 0.6) is 0 Å². The summed E-state index contributed by atoms with van der Waals surface area (Å²) >= 11 is 0. The van der Waals surface area contributed by atoms with E-state index in [1.165, 1.54) is 0 Å². The molecule has 1 rings (SSSR count). The first-order chi connectivity index (χ1) is 5.33. The molecule has 0 aromatic carbocycles. The number of nitriles is 1. The molecular formula is C8H14N2O. The molecule has 0 N–H and O–H groups in total. The predicted molar refractivity (Wildman–Crippen MR) is 42.0 cm³/mol. The first-order valence-electron chi connectivity index (χ1n) is 4.00. The van der Waals surface area contributed by atoms with E-state index in [-0.39, 0.29) is 0 Å². The van der Waals surface area contributed by atoms with Crippen LogP contribution >= 0.6 is 0 Å². The zero-order valence-corrected chi connectivity index (χ0v) is 6.92. The summed E-state index contributed by atoms with van der Waals surface area (Å²) in [5.41, 5.74) is 0. The molecule has 0 aromatic heterocycles. The first-order valence-corrected chi connectivity index (χ1v) is 4.00. The second-order valence-electron chi connectivity index (χ2n) is 3.07. The van der Waals surface area contributed by atoms with E-state index >= 15 is 0 Å². The summed E-state index contributed by atoms with van der Waals surface area (Å²) in [6, 6.07) is 2.16. The maximum absolute atomic E-state index is 8.46. The molecule has 0 aromatic rings. The van der Waals surface area contributed by atoms with Crippen molar-refractivity contribution in [2.24, 2.45) is 5.92 Å². The third-order valence-corrected chi connectivity index (χ3v) is 1.82. The van der Waals surface area contributed by atoms with E-state index in [0.29, 0.717) is 12.5 Å². The van der Waals surface area contributed by atoms with Crippen molar-refractivity contribution in [2.75, 3.05) is 32.8 Å². The van der Waals surface area contributed by atoms with Crippen LogP contribution in [0.15, 0.2) is 0 Å². The van der Waals surface area contributed by atoms with Crippen molar-refractivity contribution in [3.63, 3.8) is 0 Å². The van der Waals surface area contributed by atoms with Crippen LogP contribution in [0.1, 0.15) is 6.92 Å². The van der Waals surface area contributed by atoms with Gasteiger partial charge in [0.2, 0.25) is 0 Å². The van der Waals surface area contributed by atoms with Gasteiger partial charge in [-0.3, -0.25) is 4.90 Å². The van der Waals surface area contributed by atoms with Gasteiger partial charge in [0.25, 0.3) is 0 Å². The van der Waals surface area contributed by atoms with Crippen LogP contribution in [0.2, 0.25) is 0 Å². The summed E-state index contributed by atoms with van der Waals surface area (Å²) in [5.74, 6) is 0.561. The smallest absolute Gasteiger partial charge is 0.0866 e. The quantitative estimate of drug-likeness (QED) is 0.515. The van der Waals surface area contributed by atoms with Crippen LogP contribution in [0.25, 0.3) is 0 Å². The Morgan fingerprint density at radius 3 is 3.27 bits per heavy atom. The molecule has 1 atom stereocenters. The Hall–Kier alpha value is -0.590. The van der Waals surface area contributed by atoms with Crippen molar-refractivity contribution in [1.82, 2.24) is 4.90 Å². The highest BCUT2D eigenvalue weighted by Gasteiger charge is 2.13. The maximum Gasteiger partial charge on any atom is 0.0866 e. The van der Waals surface area contributed by atoms with E-state index in [0.717, 1.165) is 26.3 Å². The average molecular weight is 154 g/mol. The van der Waals surface area contributed by atoms with Gasteiger partial charge in [-0.2, -0.15) is 5.26 Å². The second-order valence-corrected chi connectivity index (χ2v) is 3.07. The zero-order valence-electron chi connectivity index (χ0n) is 6.92. The highest BCUT2D eigenvalue weighted by atomic mass is 16.5. The molecule has 0 saturated carbocycles. The number of rotatable bonds is 1. The van der Waals surface area contributed by atoms with Crippen molar-refractivity contribution in [2.45, 2.75) is 6.92 Å². The van der Waals surface area contributed by atoms with Crippen LogP contribution < -0.4 is 0 Å². The Morgan fingerprint density at radius 1 is 1.73 bits per heavy atom. The van der Waals surface area contributed by atoms with Gasteiger partial charge in [-0.05, 0) is 5.92 Å². The minimum Gasteiger partial charge on any atom is -0.380 e. The van der Waals surface area contributed by atoms with Gasteiger partial charge in [0, 0.05) is 13.1 Å². The van der Waals surface area contributed by atoms with Gasteiger partial charge in [-0.25, -0.2) is 0 Å². The van der Waals surface area contributed by atoms with E-state index in [2.05, 4.69) is 17.9 Å². The molecule has 1 saturated heterocycles. The molecule has 1 aliphatic rings. The van der Waals surface area contributed by atoms with Gasteiger partial charge in [0.1, 0.15) is 0 Å². The summed E-state index contributed by atoms with van der Waals surface area (Å²) < 4.78 is 5.33. The van der Waals surface area contributed by atoms with Crippen LogP contribution in [-0.2, 0) is 4.74 Å². The summed E-state index contributed by atoms with van der Waals surface area (Å²) in [5, 5.41) is 8.46. The third kappa shape index (κ3) is 2.87. The Kier molecular flexibility index (Phi) is 3.34. The molecule has 11 heavy (non-hydrogen) atoms. The molecule has 1 unspecified atom stereocenters. The number of nitrogens with zero attached hydrogens (tertiary/aromatic N) is 2. The summed E-state index contributed by atoms with van der Waals surface area (Å²) in [6.07, 6.45) is 0. The number of ether oxygens (including phenoxy) is 1. The molecule has 0 aliphatic carbocycles. The fourth-order valence-electron chi connectivity index (χ4n) is 1.31. The Balaban J connectivity index is 2.34. The first kappa shape index (κ1) is 8.51. The normalized spacial score (nSPS) is 27.5. The van der Waals surface area contributed by atoms with E-state index < -0.39 is 0 Å². The molecule has 1 heterocycles. The van der Waals surface area contributed by atoms with Gasteiger partial charge in [-0.1, -0.05) is 6.92 Å². The molecule has 62 valence electrons. The molecule has 3 nitrogen and oxygen atoms in total. The lowest BCUT2D eigenvalue weighted by Gasteiger charge is -2.16. The van der Waals surface area contributed by atoms with E-state index in [1.807, 2.05) is 0 Å². The van der Waals surface area contributed by atoms with Crippen LogP contribution in [0, 0.1) is 17.2 Å². The molecule has 0 bridgehead atoms. The van der Waals surface area contributed by atoms with E-state index in [9.17, 15) is 0 Å². The highest BCUT2D eigenvalue weighted by molar-refractivity contribution is 4.78. The second kappa shape index (κ2) is 4.32. The molecular weight excluding hydrogens is 140 g/mol. The molecule has 3 heteroatoms. The third-order valence-electron chi connectivity index (χ3n) is 1.82. The largest absolute Gasteiger partial charge is 0.380 e. The summed E-state index contributed by atoms with van der Waals surface area (Å²) in [4.78, 5) is 2.14. The number of hydrogen-bond acceptors (Lipinski definition) is 3. The van der Waals surface area contributed by atoms with Gasteiger partial charge in [0.15, 0.2) is 0 Å². The lowest BCUT2D eigenvalue weighted by atomic mass is 10.2. The van der Waals surface area contributed by atoms with Gasteiger partial charge in [-0.15, -0.1) is 0 Å². The van der Waals surface area contributed by atoms with Crippen LogP contribution in [0.4, 0.5) is 0 Å². The van der Waals surface area contributed by atoms with Gasteiger partial charge >= 0.3 is 0 Å².